The van der Waals surface area contributed by atoms with Crippen molar-refractivity contribution in [3.8, 4) is 0 Å². The van der Waals surface area contributed by atoms with Crippen molar-refractivity contribution in [2.45, 2.75) is 19.4 Å². The van der Waals surface area contributed by atoms with Crippen LogP contribution in [0.5, 0.6) is 0 Å². The smallest absolute Gasteiger partial charge is 0.272 e. The number of nitrogens with zero attached hydrogens (tertiary/aromatic N) is 2. The molecule has 1 aromatic carbocycles. The summed E-state index contributed by atoms with van der Waals surface area (Å²) >= 11 is 0. The molecule has 0 aliphatic carbocycles. The van der Waals surface area contributed by atoms with E-state index in [4.69, 9.17) is 0 Å². The van der Waals surface area contributed by atoms with Crippen LogP contribution < -0.4 is 0 Å². The van der Waals surface area contributed by atoms with E-state index in [9.17, 15) is 24.4 Å². The second-order valence-corrected chi connectivity index (χ2v) is 4.96. The number of carbonyl (C=O) groups excluding carboxylic acids is 1. The molecular weight excluding hydrogens is 267 g/mol. The molecule has 1 N–H and O–H groups in total. The van der Waals surface area contributed by atoms with Crippen LogP contribution in [0.15, 0.2) is 18.2 Å². The van der Waals surface area contributed by atoms with Gasteiger partial charge >= 0.3 is 0 Å². The second kappa shape index (κ2) is 5.54. The Balaban J connectivity index is 2.16. The second-order valence-electron chi connectivity index (χ2n) is 4.96. The normalized spacial score (nSPS) is 19.9. The third-order valence-electron chi connectivity index (χ3n) is 3.59. The van der Waals surface area contributed by atoms with E-state index in [1.54, 1.807) is 6.92 Å². The number of aliphatic hydroxyl groups excluding tert-OH is 1. The first-order valence-corrected chi connectivity index (χ1v) is 6.31. The Kier molecular flexibility index (Phi) is 3.99. The van der Waals surface area contributed by atoms with E-state index in [-0.39, 0.29) is 17.2 Å². The fourth-order valence-electron chi connectivity index (χ4n) is 2.33. The van der Waals surface area contributed by atoms with Crippen LogP contribution in [0.4, 0.5) is 10.1 Å². The van der Waals surface area contributed by atoms with Crippen LogP contribution in [0.2, 0.25) is 0 Å². The first kappa shape index (κ1) is 14.4. The maximum atomic E-state index is 13.8. The summed E-state index contributed by atoms with van der Waals surface area (Å²) in [5, 5.41) is 20.0. The molecule has 20 heavy (non-hydrogen) atoms. The summed E-state index contributed by atoms with van der Waals surface area (Å²) in [6, 6.07) is 2.99. The summed E-state index contributed by atoms with van der Waals surface area (Å²) in [6.07, 6.45) is 0.146. The number of amides is 1. The summed E-state index contributed by atoms with van der Waals surface area (Å²) in [6.45, 7) is 2.48. The number of benzene rings is 1. The van der Waals surface area contributed by atoms with Crippen molar-refractivity contribution in [3.05, 3.63) is 39.7 Å². The minimum atomic E-state index is -0.898. The summed E-state index contributed by atoms with van der Waals surface area (Å²) in [5.74, 6) is -1.41. The van der Waals surface area contributed by atoms with Crippen LogP contribution in [0.3, 0.4) is 0 Å². The Morgan fingerprint density at radius 1 is 1.60 bits per heavy atom. The number of hydrogen-bond donors (Lipinski definition) is 1. The average molecular weight is 282 g/mol. The molecule has 2 atom stereocenters. The molecule has 0 saturated carbocycles. The van der Waals surface area contributed by atoms with Crippen LogP contribution >= 0.6 is 0 Å². The molecule has 0 radical (unpaired) electrons. The standard InChI is InChI=1S/C13H15FN2O4/c1-8(17)9-4-5-15(7-9)13(18)11-3-2-10(16(19)20)6-12(11)14/h2-3,6,8-9,17H,4-5,7H2,1H3. The Morgan fingerprint density at radius 2 is 2.30 bits per heavy atom. The molecular formula is C13H15FN2O4. The molecule has 1 saturated heterocycles. The molecule has 1 aromatic rings. The molecule has 1 amide bonds. The Morgan fingerprint density at radius 3 is 2.80 bits per heavy atom. The third kappa shape index (κ3) is 2.77. The summed E-state index contributed by atoms with van der Waals surface area (Å²) < 4.78 is 13.8. The largest absolute Gasteiger partial charge is 0.393 e. The number of carbonyl (C=O) groups is 1. The van der Waals surface area contributed by atoms with E-state index in [1.807, 2.05) is 0 Å². The highest BCUT2D eigenvalue weighted by molar-refractivity contribution is 5.94. The predicted octanol–water partition coefficient (Wildman–Crippen LogP) is 1.58. The van der Waals surface area contributed by atoms with Crippen molar-refractivity contribution >= 4 is 11.6 Å². The monoisotopic (exact) mass is 282 g/mol. The zero-order valence-electron chi connectivity index (χ0n) is 11.0. The van der Waals surface area contributed by atoms with Gasteiger partial charge in [0.05, 0.1) is 22.7 Å². The first-order chi connectivity index (χ1) is 9.40. The van der Waals surface area contributed by atoms with Gasteiger partial charge in [0, 0.05) is 25.1 Å². The number of halogens is 1. The van der Waals surface area contributed by atoms with Crippen LogP contribution in [-0.4, -0.2) is 40.0 Å². The van der Waals surface area contributed by atoms with Gasteiger partial charge in [-0.2, -0.15) is 0 Å². The van der Waals surface area contributed by atoms with Crippen molar-refractivity contribution in [1.29, 1.82) is 0 Å². The lowest BCUT2D eigenvalue weighted by Gasteiger charge is -2.18. The van der Waals surface area contributed by atoms with Crippen molar-refractivity contribution in [2.75, 3.05) is 13.1 Å². The average Bonchev–Trinajstić information content (AvgIpc) is 2.87. The Labute approximate surface area is 115 Å². The van der Waals surface area contributed by atoms with E-state index in [1.165, 1.54) is 4.90 Å². The maximum Gasteiger partial charge on any atom is 0.272 e. The number of hydrogen-bond acceptors (Lipinski definition) is 4. The molecule has 0 bridgehead atoms. The molecule has 2 rings (SSSR count). The predicted molar refractivity (Wildman–Crippen MR) is 68.7 cm³/mol. The quantitative estimate of drug-likeness (QED) is 0.674. The van der Waals surface area contributed by atoms with E-state index in [2.05, 4.69) is 0 Å². The lowest BCUT2D eigenvalue weighted by Crippen LogP contribution is -2.31. The van der Waals surface area contributed by atoms with Gasteiger partial charge in [0.25, 0.3) is 11.6 Å². The topological polar surface area (TPSA) is 83.7 Å². The zero-order chi connectivity index (χ0) is 14.9. The molecule has 6 nitrogen and oxygen atoms in total. The van der Waals surface area contributed by atoms with Crippen molar-refractivity contribution in [2.24, 2.45) is 5.92 Å². The number of nitro benzene ring substituents is 1. The SMILES string of the molecule is CC(O)C1CCN(C(=O)c2ccc([N+](=O)[O-])cc2F)C1. The Bertz CT molecular complexity index is 547. The van der Waals surface area contributed by atoms with E-state index in [0.717, 1.165) is 18.2 Å². The molecule has 1 heterocycles. The van der Waals surface area contributed by atoms with Crippen molar-refractivity contribution in [3.63, 3.8) is 0 Å². The lowest BCUT2D eigenvalue weighted by atomic mass is 10.0. The number of rotatable bonds is 3. The molecule has 108 valence electrons. The van der Waals surface area contributed by atoms with Crippen LogP contribution in [0.25, 0.3) is 0 Å². The highest BCUT2D eigenvalue weighted by Crippen LogP contribution is 2.23. The van der Waals surface area contributed by atoms with E-state index in [0.29, 0.717) is 19.5 Å². The van der Waals surface area contributed by atoms with Gasteiger partial charge in [-0.15, -0.1) is 0 Å². The summed E-state index contributed by atoms with van der Waals surface area (Å²) in [4.78, 5) is 23.4. The first-order valence-electron chi connectivity index (χ1n) is 6.31. The van der Waals surface area contributed by atoms with Crippen molar-refractivity contribution < 1.29 is 19.2 Å². The fraction of sp³-hybridized carbons (Fsp3) is 0.462. The Hall–Kier alpha value is -2.02. The molecule has 1 fully saturated rings. The van der Waals surface area contributed by atoms with Crippen LogP contribution in [0.1, 0.15) is 23.7 Å². The number of nitro groups is 1. The van der Waals surface area contributed by atoms with Gasteiger partial charge in [-0.1, -0.05) is 0 Å². The van der Waals surface area contributed by atoms with Gasteiger partial charge in [-0.05, 0) is 19.4 Å². The van der Waals surface area contributed by atoms with Gasteiger partial charge in [0.2, 0.25) is 0 Å². The van der Waals surface area contributed by atoms with Gasteiger partial charge < -0.3 is 10.0 Å². The molecule has 7 heteroatoms. The van der Waals surface area contributed by atoms with Crippen molar-refractivity contribution in [1.82, 2.24) is 4.90 Å². The number of aliphatic hydroxyl groups is 1. The third-order valence-corrected chi connectivity index (χ3v) is 3.59. The highest BCUT2D eigenvalue weighted by Gasteiger charge is 2.31. The van der Waals surface area contributed by atoms with Gasteiger partial charge in [0.15, 0.2) is 0 Å². The molecule has 1 aliphatic rings. The van der Waals surface area contributed by atoms with Gasteiger partial charge in [-0.25, -0.2) is 4.39 Å². The highest BCUT2D eigenvalue weighted by atomic mass is 19.1. The zero-order valence-corrected chi connectivity index (χ0v) is 11.0. The lowest BCUT2D eigenvalue weighted by molar-refractivity contribution is -0.385. The number of likely N-dealkylation sites (tertiary alicyclic amines) is 1. The van der Waals surface area contributed by atoms with E-state index < -0.39 is 22.8 Å². The molecule has 2 unspecified atom stereocenters. The minimum Gasteiger partial charge on any atom is -0.393 e. The maximum absolute atomic E-state index is 13.8. The van der Waals surface area contributed by atoms with Gasteiger partial charge in [-0.3, -0.25) is 14.9 Å². The fourth-order valence-corrected chi connectivity index (χ4v) is 2.33. The number of non-ortho nitro benzene ring substituents is 1. The van der Waals surface area contributed by atoms with Gasteiger partial charge in [0.1, 0.15) is 5.82 Å². The van der Waals surface area contributed by atoms with Crippen LogP contribution in [-0.2, 0) is 0 Å². The van der Waals surface area contributed by atoms with Crippen LogP contribution in [0, 0.1) is 21.8 Å². The molecule has 0 aromatic heterocycles. The summed E-state index contributed by atoms with van der Waals surface area (Å²) in [7, 11) is 0. The summed E-state index contributed by atoms with van der Waals surface area (Å²) in [5.41, 5.74) is -0.566. The minimum absolute atomic E-state index is 0.0138. The molecule has 1 aliphatic heterocycles. The van der Waals surface area contributed by atoms with E-state index >= 15 is 0 Å². The molecule has 0 spiro atoms.